The first-order valence-electron chi connectivity index (χ1n) is 7.22. The van der Waals surface area contributed by atoms with E-state index in [9.17, 15) is 0 Å². The van der Waals surface area contributed by atoms with E-state index in [1.54, 1.807) is 6.20 Å². The fourth-order valence-electron chi connectivity index (χ4n) is 1.95. The molecule has 0 unspecified atom stereocenters. The molecular weight excluding hydrogens is 284 g/mol. The molecule has 1 aromatic carbocycles. The van der Waals surface area contributed by atoms with E-state index in [2.05, 4.69) is 27.1 Å². The largest absolute Gasteiger partial charge is 0.366 e. The van der Waals surface area contributed by atoms with Gasteiger partial charge in [-0.3, -0.25) is 0 Å². The minimum atomic E-state index is 0.648. The first-order chi connectivity index (χ1) is 10.2. The molecule has 21 heavy (non-hydrogen) atoms. The van der Waals surface area contributed by atoms with Crippen molar-refractivity contribution in [3.8, 4) is 0 Å². The summed E-state index contributed by atoms with van der Waals surface area (Å²) in [6.45, 7) is 3.79. The molecular formula is C16H21ClN4. The number of halogens is 1. The van der Waals surface area contributed by atoms with Gasteiger partial charge in [0.1, 0.15) is 5.82 Å². The summed E-state index contributed by atoms with van der Waals surface area (Å²) in [5.41, 5.74) is 1.05. The van der Waals surface area contributed by atoms with E-state index in [1.807, 2.05) is 37.4 Å². The third-order valence-electron chi connectivity index (χ3n) is 3.25. The quantitative estimate of drug-likeness (QED) is 0.840. The Morgan fingerprint density at radius 2 is 2.05 bits per heavy atom. The van der Waals surface area contributed by atoms with Crippen LogP contribution in [0.3, 0.4) is 0 Å². The summed E-state index contributed by atoms with van der Waals surface area (Å²) >= 11 is 6.15. The zero-order chi connectivity index (χ0) is 15.1. The Kier molecular flexibility index (Phi) is 5.81. The van der Waals surface area contributed by atoms with Crippen LogP contribution in [0.25, 0.3) is 0 Å². The number of anilines is 2. The average molecular weight is 305 g/mol. The Bertz CT molecular complexity index is 574. The summed E-state index contributed by atoms with van der Waals surface area (Å²) < 4.78 is 0. The number of hydrogen-bond donors (Lipinski definition) is 1. The molecule has 1 aromatic heterocycles. The Balaban J connectivity index is 1.99. The van der Waals surface area contributed by atoms with Gasteiger partial charge in [0.15, 0.2) is 0 Å². The molecule has 0 bridgehead atoms. The second-order valence-corrected chi connectivity index (χ2v) is 5.37. The van der Waals surface area contributed by atoms with Crippen molar-refractivity contribution >= 4 is 23.4 Å². The van der Waals surface area contributed by atoms with E-state index < -0.39 is 0 Å². The summed E-state index contributed by atoms with van der Waals surface area (Å²) in [7, 11) is 2.02. The third-order valence-corrected chi connectivity index (χ3v) is 3.62. The van der Waals surface area contributed by atoms with Crippen LogP contribution < -0.4 is 10.2 Å². The molecule has 112 valence electrons. The van der Waals surface area contributed by atoms with Crippen LogP contribution in [-0.4, -0.2) is 23.6 Å². The Labute approximate surface area is 131 Å². The Morgan fingerprint density at radius 3 is 2.81 bits per heavy atom. The Hall–Kier alpha value is -1.81. The first kappa shape index (κ1) is 15.6. The zero-order valence-electron chi connectivity index (χ0n) is 12.5. The van der Waals surface area contributed by atoms with Crippen LogP contribution in [0.1, 0.15) is 25.3 Å². The van der Waals surface area contributed by atoms with Crippen LogP contribution in [0.4, 0.5) is 11.8 Å². The van der Waals surface area contributed by atoms with Crippen LogP contribution in [0.5, 0.6) is 0 Å². The van der Waals surface area contributed by atoms with E-state index in [-0.39, 0.29) is 0 Å². The van der Waals surface area contributed by atoms with Gasteiger partial charge in [0.2, 0.25) is 5.95 Å². The lowest BCUT2D eigenvalue weighted by atomic mass is 10.2. The molecule has 4 nitrogen and oxygen atoms in total. The van der Waals surface area contributed by atoms with Crippen molar-refractivity contribution in [3.63, 3.8) is 0 Å². The molecule has 0 saturated heterocycles. The van der Waals surface area contributed by atoms with E-state index in [1.165, 1.54) is 0 Å². The molecule has 0 radical (unpaired) electrons. The highest BCUT2D eigenvalue weighted by molar-refractivity contribution is 6.31. The highest BCUT2D eigenvalue weighted by atomic mass is 35.5. The van der Waals surface area contributed by atoms with Crippen molar-refractivity contribution in [2.24, 2.45) is 0 Å². The summed E-state index contributed by atoms with van der Waals surface area (Å²) in [5, 5.41) is 4.05. The monoisotopic (exact) mass is 304 g/mol. The fourth-order valence-corrected chi connectivity index (χ4v) is 2.16. The maximum atomic E-state index is 6.15. The standard InChI is InChI=1S/C16H21ClN4/c1-3-4-11-21(2)16-18-10-9-15(20-16)19-12-13-7-5-6-8-14(13)17/h5-10H,3-4,11-12H2,1-2H3,(H,18,19,20). The molecule has 0 fully saturated rings. The van der Waals surface area contributed by atoms with Crippen LogP contribution >= 0.6 is 11.6 Å². The van der Waals surface area contributed by atoms with Gasteiger partial charge in [0.25, 0.3) is 0 Å². The number of nitrogens with one attached hydrogen (secondary N) is 1. The maximum absolute atomic E-state index is 6.15. The van der Waals surface area contributed by atoms with E-state index in [0.29, 0.717) is 6.54 Å². The molecule has 0 amide bonds. The predicted molar refractivity (Wildman–Crippen MR) is 89.0 cm³/mol. The molecule has 0 aliphatic carbocycles. The zero-order valence-corrected chi connectivity index (χ0v) is 13.3. The molecule has 2 aromatic rings. The maximum Gasteiger partial charge on any atom is 0.226 e. The predicted octanol–water partition coefficient (Wildman–Crippen LogP) is 3.98. The molecule has 5 heteroatoms. The van der Waals surface area contributed by atoms with Gasteiger partial charge in [-0.25, -0.2) is 4.98 Å². The number of aromatic nitrogens is 2. The summed E-state index contributed by atoms with van der Waals surface area (Å²) in [5.74, 6) is 1.55. The minimum Gasteiger partial charge on any atom is -0.366 e. The molecule has 0 atom stereocenters. The van der Waals surface area contributed by atoms with Gasteiger partial charge in [0.05, 0.1) is 0 Å². The van der Waals surface area contributed by atoms with Gasteiger partial charge in [-0.05, 0) is 24.1 Å². The normalized spacial score (nSPS) is 10.4. The topological polar surface area (TPSA) is 41.1 Å². The lowest BCUT2D eigenvalue weighted by Gasteiger charge is -2.17. The lowest BCUT2D eigenvalue weighted by molar-refractivity contribution is 0.750. The van der Waals surface area contributed by atoms with Crippen LogP contribution in [0, 0.1) is 0 Å². The van der Waals surface area contributed by atoms with Crippen molar-refractivity contribution in [2.45, 2.75) is 26.3 Å². The molecule has 1 heterocycles. The molecule has 0 spiro atoms. The summed E-state index contributed by atoms with van der Waals surface area (Å²) in [4.78, 5) is 10.9. The minimum absolute atomic E-state index is 0.648. The van der Waals surface area contributed by atoms with E-state index >= 15 is 0 Å². The van der Waals surface area contributed by atoms with E-state index in [4.69, 9.17) is 11.6 Å². The molecule has 1 N–H and O–H groups in total. The van der Waals surface area contributed by atoms with Crippen molar-refractivity contribution in [2.75, 3.05) is 23.8 Å². The van der Waals surface area contributed by atoms with Gasteiger partial charge < -0.3 is 10.2 Å². The average Bonchev–Trinajstić information content (AvgIpc) is 2.52. The van der Waals surface area contributed by atoms with Crippen molar-refractivity contribution < 1.29 is 0 Å². The smallest absolute Gasteiger partial charge is 0.226 e. The number of nitrogens with zero attached hydrogens (tertiary/aromatic N) is 3. The van der Waals surface area contributed by atoms with Crippen LogP contribution in [0.15, 0.2) is 36.5 Å². The van der Waals surface area contributed by atoms with Gasteiger partial charge in [-0.2, -0.15) is 4.98 Å². The van der Waals surface area contributed by atoms with Crippen molar-refractivity contribution in [1.82, 2.24) is 9.97 Å². The van der Waals surface area contributed by atoms with Gasteiger partial charge in [0, 0.05) is 31.4 Å². The SMILES string of the molecule is CCCCN(C)c1nccc(NCc2ccccc2Cl)n1. The number of unbranched alkanes of at least 4 members (excludes halogenated alkanes) is 1. The molecule has 0 aliphatic heterocycles. The highest BCUT2D eigenvalue weighted by Gasteiger charge is 2.05. The van der Waals surface area contributed by atoms with Crippen LogP contribution in [0.2, 0.25) is 5.02 Å². The van der Waals surface area contributed by atoms with Crippen LogP contribution in [-0.2, 0) is 6.54 Å². The van der Waals surface area contributed by atoms with Gasteiger partial charge in [-0.15, -0.1) is 0 Å². The third kappa shape index (κ3) is 4.60. The van der Waals surface area contributed by atoms with Gasteiger partial charge >= 0.3 is 0 Å². The second-order valence-electron chi connectivity index (χ2n) is 4.96. The summed E-state index contributed by atoms with van der Waals surface area (Å²) in [6.07, 6.45) is 4.08. The Morgan fingerprint density at radius 1 is 1.24 bits per heavy atom. The lowest BCUT2D eigenvalue weighted by Crippen LogP contribution is -2.21. The second kappa shape index (κ2) is 7.84. The van der Waals surface area contributed by atoms with Crippen molar-refractivity contribution in [1.29, 1.82) is 0 Å². The molecule has 2 rings (SSSR count). The fraction of sp³-hybridized carbons (Fsp3) is 0.375. The summed E-state index contributed by atoms with van der Waals surface area (Å²) in [6, 6.07) is 9.67. The van der Waals surface area contributed by atoms with E-state index in [0.717, 1.165) is 41.7 Å². The van der Waals surface area contributed by atoms with Crippen molar-refractivity contribution in [3.05, 3.63) is 47.1 Å². The molecule has 0 saturated carbocycles. The molecule has 0 aliphatic rings. The number of benzene rings is 1. The first-order valence-corrected chi connectivity index (χ1v) is 7.60. The number of rotatable bonds is 7. The highest BCUT2D eigenvalue weighted by Crippen LogP contribution is 2.17. The van der Waals surface area contributed by atoms with Gasteiger partial charge in [-0.1, -0.05) is 43.1 Å². The number of hydrogen-bond acceptors (Lipinski definition) is 4.